The molecule has 0 saturated carbocycles. The van der Waals surface area contributed by atoms with Gasteiger partial charge in [0, 0.05) is 6.04 Å². The maximum Gasteiger partial charge on any atom is 0.123 e. The number of hydrogen-bond donors (Lipinski definition) is 2. The Kier molecular flexibility index (Phi) is 5.55. The van der Waals surface area contributed by atoms with E-state index in [4.69, 9.17) is 10.6 Å². The molecule has 0 saturated heterocycles. The molecule has 1 aromatic carbocycles. The van der Waals surface area contributed by atoms with Gasteiger partial charge < -0.3 is 4.74 Å². The topological polar surface area (TPSA) is 47.3 Å². The summed E-state index contributed by atoms with van der Waals surface area (Å²) in [4.78, 5) is 0. The molecular weight excluding hydrogens is 219 g/mol. The van der Waals surface area contributed by atoms with Crippen LogP contribution in [0, 0.1) is 12.7 Å². The highest BCUT2D eigenvalue weighted by Gasteiger charge is 2.11. The molecule has 1 rings (SSSR count). The summed E-state index contributed by atoms with van der Waals surface area (Å²) in [6.07, 6.45) is 0.912. The smallest absolute Gasteiger partial charge is 0.123 e. The number of nitrogens with two attached hydrogens (primary N) is 1. The summed E-state index contributed by atoms with van der Waals surface area (Å²) in [6, 6.07) is 4.84. The van der Waals surface area contributed by atoms with Crippen LogP contribution in [0.1, 0.15) is 25.0 Å². The first-order valence-corrected chi connectivity index (χ1v) is 5.85. The Morgan fingerprint density at radius 2 is 2.12 bits per heavy atom. The van der Waals surface area contributed by atoms with Gasteiger partial charge in [-0.1, -0.05) is 6.07 Å². The van der Waals surface area contributed by atoms with Gasteiger partial charge in [-0.05, 0) is 50.5 Å². The summed E-state index contributed by atoms with van der Waals surface area (Å²) in [5.41, 5.74) is 4.75. The van der Waals surface area contributed by atoms with Gasteiger partial charge in [0.2, 0.25) is 0 Å². The third-order valence-electron chi connectivity index (χ3n) is 2.64. The summed E-state index contributed by atoms with van der Waals surface area (Å²) in [6.45, 7) is 6.41. The quantitative estimate of drug-likeness (QED) is 0.590. The first-order chi connectivity index (χ1) is 8.02. The third kappa shape index (κ3) is 4.81. The Hall–Kier alpha value is -0.970. The molecule has 0 bridgehead atoms. The minimum Gasteiger partial charge on any atom is -0.377 e. The van der Waals surface area contributed by atoms with Crippen LogP contribution < -0.4 is 11.3 Å². The molecule has 0 aliphatic carbocycles. The van der Waals surface area contributed by atoms with Crippen molar-refractivity contribution in [3.8, 4) is 0 Å². The molecule has 1 unspecified atom stereocenters. The van der Waals surface area contributed by atoms with Gasteiger partial charge in [0.15, 0.2) is 0 Å². The molecule has 3 N–H and O–H groups in total. The summed E-state index contributed by atoms with van der Waals surface area (Å²) in [7, 11) is 0. The second-order valence-electron chi connectivity index (χ2n) is 4.52. The molecule has 0 amide bonds. The van der Waals surface area contributed by atoms with E-state index in [1.54, 1.807) is 6.07 Å². The molecular formula is C13H21FN2O. The van der Waals surface area contributed by atoms with Gasteiger partial charge in [0.1, 0.15) is 5.82 Å². The van der Waals surface area contributed by atoms with Crippen LogP contribution in [0.4, 0.5) is 4.39 Å². The van der Waals surface area contributed by atoms with Gasteiger partial charge in [-0.15, -0.1) is 0 Å². The Balaban J connectivity index is 2.60. The molecule has 0 aliphatic rings. The average Bonchev–Trinajstić information content (AvgIpc) is 2.26. The van der Waals surface area contributed by atoms with E-state index in [2.05, 4.69) is 5.43 Å². The van der Waals surface area contributed by atoms with Crippen LogP contribution in [0.3, 0.4) is 0 Å². The highest BCUT2D eigenvalue weighted by molar-refractivity contribution is 5.27. The minimum atomic E-state index is -0.207. The number of hydrazine groups is 1. The average molecular weight is 240 g/mol. The van der Waals surface area contributed by atoms with E-state index >= 15 is 0 Å². The van der Waals surface area contributed by atoms with Crippen LogP contribution in [0.2, 0.25) is 0 Å². The molecule has 1 atom stereocenters. The predicted octanol–water partition coefficient (Wildman–Crippen LogP) is 1.93. The third-order valence-corrected chi connectivity index (χ3v) is 2.64. The molecule has 0 aromatic heterocycles. The van der Waals surface area contributed by atoms with Crippen molar-refractivity contribution in [1.29, 1.82) is 0 Å². The van der Waals surface area contributed by atoms with E-state index in [0.717, 1.165) is 17.5 Å². The fourth-order valence-corrected chi connectivity index (χ4v) is 1.63. The normalized spacial score (nSPS) is 13.1. The maximum absolute atomic E-state index is 13.0. The van der Waals surface area contributed by atoms with Crippen LogP contribution in [0.25, 0.3) is 0 Å². The lowest BCUT2D eigenvalue weighted by Gasteiger charge is -2.18. The number of hydrogen-bond acceptors (Lipinski definition) is 3. The number of ether oxygens (including phenoxy) is 1. The Morgan fingerprint density at radius 3 is 2.65 bits per heavy atom. The Bertz CT molecular complexity index is 355. The number of benzene rings is 1. The number of halogens is 1. The Morgan fingerprint density at radius 1 is 1.41 bits per heavy atom. The van der Waals surface area contributed by atoms with E-state index in [1.807, 2.05) is 20.8 Å². The number of nitrogens with one attached hydrogen (secondary N) is 1. The van der Waals surface area contributed by atoms with Gasteiger partial charge in [-0.3, -0.25) is 11.3 Å². The summed E-state index contributed by atoms with van der Waals surface area (Å²) in [5, 5.41) is 0. The maximum atomic E-state index is 13.0. The van der Waals surface area contributed by atoms with Crippen molar-refractivity contribution in [2.45, 2.75) is 39.3 Å². The Labute approximate surface area is 102 Å². The van der Waals surface area contributed by atoms with Crippen molar-refractivity contribution >= 4 is 0 Å². The minimum absolute atomic E-state index is 0.0431. The van der Waals surface area contributed by atoms with Gasteiger partial charge in [0.25, 0.3) is 0 Å². The zero-order valence-electron chi connectivity index (χ0n) is 10.7. The van der Waals surface area contributed by atoms with Crippen LogP contribution in [0.5, 0.6) is 0 Å². The number of rotatable bonds is 6. The summed E-state index contributed by atoms with van der Waals surface area (Å²) in [5.74, 6) is 5.28. The molecule has 1 aromatic rings. The molecule has 0 radical (unpaired) electrons. The van der Waals surface area contributed by atoms with Gasteiger partial charge in [-0.25, -0.2) is 4.39 Å². The second-order valence-corrected chi connectivity index (χ2v) is 4.52. The highest BCUT2D eigenvalue weighted by atomic mass is 19.1. The van der Waals surface area contributed by atoms with Crippen molar-refractivity contribution in [3.05, 3.63) is 35.1 Å². The molecule has 17 heavy (non-hydrogen) atoms. The predicted molar refractivity (Wildman–Crippen MR) is 67.0 cm³/mol. The lowest BCUT2D eigenvalue weighted by Crippen LogP contribution is -2.41. The van der Waals surface area contributed by atoms with E-state index in [0.29, 0.717) is 6.61 Å². The standard InChI is InChI=1S/C13H21FN2O/c1-9(2)17-8-13(16-15)7-11-4-5-12(14)6-10(11)3/h4-6,9,13,16H,7-8,15H2,1-3H3. The zero-order valence-corrected chi connectivity index (χ0v) is 10.7. The monoisotopic (exact) mass is 240 g/mol. The lowest BCUT2D eigenvalue weighted by molar-refractivity contribution is 0.0613. The largest absolute Gasteiger partial charge is 0.377 e. The van der Waals surface area contributed by atoms with Crippen LogP contribution in [0.15, 0.2) is 18.2 Å². The van der Waals surface area contributed by atoms with Crippen LogP contribution in [-0.2, 0) is 11.2 Å². The van der Waals surface area contributed by atoms with E-state index < -0.39 is 0 Å². The molecule has 4 heteroatoms. The van der Waals surface area contributed by atoms with E-state index in [1.165, 1.54) is 12.1 Å². The van der Waals surface area contributed by atoms with Crippen molar-refractivity contribution in [1.82, 2.24) is 5.43 Å². The van der Waals surface area contributed by atoms with E-state index in [-0.39, 0.29) is 18.0 Å². The van der Waals surface area contributed by atoms with Crippen molar-refractivity contribution in [3.63, 3.8) is 0 Å². The van der Waals surface area contributed by atoms with Gasteiger partial charge >= 0.3 is 0 Å². The van der Waals surface area contributed by atoms with Crippen LogP contribution >= 0.6 is 0 Å². The number of aryl methyl sites for hydroxylation is 1. The molecule has 3 nitrogen and oxygen atoms in total. The first-order valence-electron chi connectivity index (χ1n) is 5.85. The zero-order chi connectivity index (χ0) is 12.8. The van der Waals surface area contributed by atoms with Crippen molar-refractivity contribution in [2.24, 2.45) is 5.84 Å². The van der Waals surface area contributed by atoms with Crippen LogP contribution in [-0.4, -0.2) is 18.8 Å². The molecule has 96 valence electrons. The fourth-order valence-electron chi connectivity index (χ4n) is 1.63. The molecule has 0 fully saturated rings. The first kappa shape index (κ1) is 14.1. The van der Waals surface area contributed by atoms with E-state index in [9.17, 15) is 4.39 Å². The lowest BCUT2D eigenvalue weighted by atomic mass is 10.0. The van der Waals surface area contributed by atoms with Gasteiger partial charge in [-0.2, -0.15) is 0 Å². The second kappa shape index (κ2) is 6.69. The summed E-state index contributed by atoms with van der Waals surface area (Å²) < 4.78 is 18.5. The van der Waals surface area contributed by atoms with Crippen molar-refractivity contribution < 1.29 is 9.13 Å². The van der Waals surface area contributed by atoms with Gasteiger partial charge in [0.05, 0.1) is 12.7 Å². The summed E-state index contributed by atoms with van der Waals surface area (Å²) >= 11 is 0. The van der Waals surface area contributed by atoms with Crippen molar-refractivity contribution in [2.75, 3.05) is 6.61 Å². The SMILES string of the molecule is Cc1cc(F)ccc1CC(COC(C)C)NN. The fraction of sp³-hybridized carbons (Fsp3) is 0.538. The molecule has 0 spiro atoms. The molecule has 0 heterocycles. The highest BCUT2D eigenvalue weighted by Crippen LogP contribution is 2.12. The molecule has 0 aliphatic heterocycles.